The number of anilines is 1. The van der Waals surface area contributed by atoms with E-state index in [0.717, 1.165) is 6.26 Å². The maximum Gasteiger partial charge on any atom is 0.229 e. The van der Waals surface area contributed by atoms with Crippen LogP contribution in [0.1, 0.15) is 5.56 Å². The van der Waals surface area contributed by atoms with Gasteiger partial charge in [-0.1, -0.05) is 18.2 Å². The van der Waals surface area contributed by atoms with Gasteiger partial charge in [0.05, 0.1) is 18.6 Å². The second kappa shape index (κ2) is 3.76. The lowest BCUT2D eigenvalue weighted by molar-refractivity contribution is 0.282. The van der Waals surface area contributed by atoms with E-state index in [9.17, 15) is 8.42 Å². The summed E-state index contributed by atoms with van der Waals surface area (Å²) in [6.45, 7) is -0.182. The van der Waals surface area contributed by atoms with Crippen molar-refractivity contribution in [3.63, 3.8) is 0 Å². The Labute approximate surface area is 77.3 Å². The molecule has 0 saturated heterocycles. The number of para-hydroxylation sites is 1. The number of aliphatic hydroxyl groups is 1. The van der Waals surface area contributed by atoms with E-state index in [2.05, 4.69) is 4.72 Å². The number of sulfonamides is 1. The molecule has 1 rings (SSSR count). The highest BCUT2D eigenvalue weighted by molar-refractivity contribution is 7.92. The molecule has 5 heteroatoms. The quantitative estimate of drug-likeness (QED) is 0.750. The summed E-state index contributed by atoms with van der Waals surface area (Å²) in [5.74, 6) is 0. The molecular formula is C8H11NO3S. The fourth-order valence-corrected chi connectivity index (χ4v) is 1.56. The Morgan fingerprint density at radius 2 is 2.00 bits per heavy atom. The molecule has 0 aromatic heterocycles. The normalized spacial score (nSPS) is 11.2. The van der Waals surface area contributed by atoms with Crippen molar-refractivity contribution in [2.75, 3.05) is 11.0 Å². The summed E-state index contributed by atoms with van der Waals surface area (Å²) in [6.07, 6.45) is 1.07. The van der Waals surface area contributed by atoms with Crippen LogP contribution in [0.3, 0.4) is 0 Å². The van der Waals surface area contributed by atoms with Crippen LogP contribution in [0.25, 0.3) is 0 Å². The average Bonchev–Trinajstić information content (AvgIpc) is 2.02. The second-order valence-corrected chi connectivity index (χ2v) is 4.44. The highest BCUT2D eigenvalue weighted by atomic mass is 32.2. The fourth-order valence-electron chi connectivity index (χ4n) is 0.957. The molecule has 1 aromatic carbocycles. The molecule has 0 fully saturated rings. The monoisotopic (exact) mass is 201 g/mol. The van der Waals surface area contributed by atoms with E-state index >= 15 is 0 Å². The van der Waals surface area contributed by atoms with Crippen molar-refractivity contribution in [2.45, 2.75) is 6.61 Å². The van der Waals surface area contributed by atoms with Crippen molar-refractivity contribution in [3.8, 4) is 0 Å². The third-order valence-electron chi connectivity index (χ3n) is 1.48. The van der Waals surface area contributed by atoms with E-state index in [1.165, 1.54) is 0 Å². The standard InChI is InChI=1S/C8H11NO3S/c1-13(11,12)9-8-5-3-2-4-7(8)6-10/h2-5,9-10H,6H2,1H3. The highest BCUT2D eigenvalue weighted by Crippen LogP contribution is 2.15. The largest absolute Gasteiger partial charge is 0.392 e. The van der Waals surface area contributed by atoms with Gasteiger partial charge in [-0.3, -0.25) is 4.72 Å². The second-order valence-electron chi connectivity index (χ2n) is 2.69. The van der Waals surface area contributed by atoms with Crippen LogP contribution >= 0.6 is 0 Å². The van der Waals surface area contributed by atoms with Gasteiger partial charge in [0, 0.05) is 5.56 Å². The van der Waals surface area contributed by atoms with Gasteiger partial charge in [-0.15, -0.1) is 0 Å². The molecule has 13 heavy (non-hydrogen) atoms. The molecule has 0 bridgehead atoms. The zero-order chi connectivity index (χ0) is 9.90. The molecule has 0 aliphatic heterocycles. The molecule has 0 radical (unpaired) electrons. The number of hydrogen-bond donors (Lipinski definition) is 2. The lowest BCUT2D eigenvalue weighted by Crippen LogP contribution is -2.11. The predicted octanol–water partition coefficient (Wildman–Crippen LogP) is 0.550. The van der Waals surface area contributed by atoms with Gasteiger partial charge >= 0.3 is 0 Å². The Morgan fingerprint density at radius 3 is 2.54 bits per heavy atom. The molecule has 72 valence electrons. The van der Waals surface area contributed by atoms with Gasteiger partial charge in [-0.2, -0.15) is 0 Å². The van der Waals surface area contributed by atoms with Crippen LogP contribution in [-0.4, -0.2) is 19.8 Å². The van der Waals surface area contributed by atoms with E-state index in [-0.39, 0.29) is 6.61 Å². The van der Waals surface area contributed by atoms with Crippen LogP contribution in [0.15, 0.2) is 24.3 Å². The first-order chi connectivity index (χ1) is 6.03. The summed E-state index contributed by atoms with van der Waals surface area (Å²) in [5.41, 5.74) is 0.987. The minimum absolute atomic E-state index is 0.182. The summed E-state index contributed by atoms with van der Waals surface area (Å²) in [4.78, 5) is 0. The molecule has 0 saturated carbocycles. The number of hydrogen-bond acceptors (Lipinski definition) is 3. The van der Waals surface area contributed by atoms with Gasteiger partial charge in [-0.25, -0.2) is 8.42 Å². The minimum Gasteiger partial charge on any atom is -0.392 e. The lowest BCUT2D eigenvalue weighted by Gasteiger charge is -2.07. The fraction of sp³-hybridized carbons (Fsp3) is 0.250. The third kappa shape index (κ3) is 3.04. The van der Waals surface area contributed by atoms with Crippen molar-refractivity contribution in [3.05, 3.63) is 29.8 Å². The van der Waals surface area contributed by atoms with Crippen molar-refractivity contribution < 1.29 is 13.5 Å². The van der Waals surface area contributed by atoms with Gasteiger partial charge in [0.15, 0.2) is 0 Å². The van der Waals surface area contributed by atoms with Crippen LogP contribution in [0.5, 0.6) is 0 Å². The molecule has 0 amide bonds. The van der Waals surface area contributed by atoms with Crippen LogP contribution in [0.4, 0.5) is 5.69 Å². The van der Waals surface area contributed by atoms with Crippen LogP contribution in [0.2, 0.25) is 0 Å². The Kier molecular flexibility index (Phi) is 2.90. The van der Waals surface area contributed by atoms with Crippen LogP contribution in [0, 0.1) is 0 Å². The van der Waals surface area contributed by atoms with Gasteiger partial charge in [0.1, 0.15) is 0 Å². The van der Waals surface area contributed by atoms with Gasteiger partial charge in [0.2, 0.25) is 10.0 Å². The Hall–Kier alpha value is -1.07. The lowest BCUT2D eigenvalue weighted by atomic mass is 10.2. The molecule has 0 aliphatic carbocycles. The SMILES string of the molecule is CS(=O)(=O)Nc1ccccc1CO. The van der Waals surface area contributed by atoms with E-state index in [1.54, 1.807) is 24.3 Å². The molecule has 0 aliphatic rings. The first kappa shape index (κ1) is 10.0. The number of aliphatic hydroxyl groups excluding tert-OH is 1. The summed E-state index contributed by atoms with van der Waals surface area (Å²) >= 11 is 0. The highest BCUT2D eigenvalue weighted by Gasteiger charge is 2.04. The molecule has 4 nitrogen and oxygen atoms in total. The maximum absolute atomic E-state index is 10.9. The van der Waals surface area contributed by atoms with Crippen molar-refractivity contribution in [1.29, 1.82) is 0 Å². The topological polar surface area (TPSA) is 66.4 Å². The Bertz CT molecular complexity index is 386. The van der Waals surface area contributed by atoms with Crippen molar-refractivity contribution in [1.82, 2.24) is 0 Å². The first-order valence-corrected chi connectivity index (χ1v) is 5.58. The van der Waals surface area contributed by atoms with Crippen molar-refractivity contribution in [2.24, 2.45) is 0 Å². The average molecular weight is 201 g/mol. The molecule has 0 atom stereocenters. The number of benzene rings is 1. The summed E-state index contributed by atoms with van der Waals surface area (Å²) < 4.78 is 24.1. The minimum atomic E-state index is -3.27. The summed E-state index contributed by atoms with van der Waals surface area (Å²) in [7, 11) is -3.27. The molecule has 2 N–H and O–H groups in total. The maximum atomic E-state index is 10.9. The molecule has 0 heterocycles. The Balaban J connectivity index is 3.01. The van der Waals surface area contributed by atoms with E-state index in [1.807, 2.05) is 0 Å². The first-order valence-electron chi connectivity index (χ1n) is 3.69. The van der Waals surface area contributed by atoms with Crippen LogP contribution < -0.4 is 4.72 Å². The Morgan fingerprint density at radius 1 is 1.38 bits per heavy atom. The van der Waals surface area contributed by atoms with Crippen molar-refractivity contribution >= 4 is 15.7 Å². The zero-order valence-corrected chi connectivity index (χ0v) is 8.00. The number of rotatable bonds is 3. The van der Waals surface area contributed by atoms with E-state index in [4.69, 9.17) is 5.11 Å². The molecule has 1 aromatic rings. The van der Waals surface area contributed by atoms with E-state index < -0.39 is 10.0 Å². The molecule has 0 spiro atoms. The summed E-state index contributed by atoms with van der Waals surface area (Å²) in [5, 5.41) is 8.88. The van der Waals surface area contributed by atoms with E-state index in [0.29, 0.717) is 11.3 Å². The van der Waals surface area contributed by atoms with Gasteiger partial charge < -0.3 is 5.11 Å². The van der Waals surface area contributed by atoms with Gasteiger partial charge in [0.25, 0.3) is 0 Å². The predicted molar refractivity (Wildman–Crippen MR) is 50.8 cm³/mol. The smallest absolute Gasteiger partial charge is 0.229 e. The number of nitrogens with one attached hydrogen (secondary N) is 1. The zero-order valence-electron chi connectivity index (χ0n) is 7.19. The van der Waals surface area contributed by atoms with Crippen LogP contribution in [-0.2, 0) is 16.6 Å². The van der Waals surface area contributed by atoms with Gasteiger partial charge in [-0.05, 0) is 6.07 Å². The third-order valence-corrected chi connectivity index (χ3v) is 2.07. The molecular weight excluding hydrogens is 190 g/mol. The molecule has 0 unspecified atom stereocenters. The summed E-state index contributed by atoms with van der Waals surface area (Å²) in [6, 6.07) is 6.70.